The summed E-state index contributed by atoms with van der Waals surface area (Å²) in [5, 5.41) is 4.83. The third-order valence-electron chi connectivity index (χ3n) is 10.9. The van der Waals surface area contributed by atoms with E-state index in [9.17, 15) is 0 Å². The molecule has 1 aliphatic heterocycles. The topological polar surface area (TPSA) is 12.5 Å². The second kappa shape index (κ2) is 12.9. The number of hydrogen-bond acceptors (Lipinski definition) is 3. The Labute approximate surface area is 323 Å². The third kappa shape index (κ3) is 5.32. The minimum absolute atomic E-state index is 0.872. The van der Waals surface area contributed by atoms with Crippen LogP contribution in [0.1, 0.15) is 0 Å². The van der Waals surface area contributed by atoms with Gasteiger partial charge in [0.25, 0.3) is 0 Å². The Kier molecular flexibility index (Phi) is 7.39. The van der Waals surface area contributed by atoms with Crippen LogP contribution in [0.25, 0.3) is 75.5 Å². The molecule has 9 aromatic carbocycles. The summed E-state index contributed by atoms with van der Waals surface area (Å²) in [5.74, 6) is 1.76. The molecule has 258 valence electrons. The Morgan fingerprint density at radius 2 is 0.964 bits per heavy atom. The lowest BCUT2D eigenvalue weighted by atomic mass is 9.93. The Balaban J connectivity index is 1.04. The molecule has 0 fully saturated rings. The van der Waals surface area contributed by atoms with Gasteiger partial charge in [-0.1, -0.05) is 140 Å². The van der Waals surface area contributed by atoms with E-state index < -0.39 is 0 Å². The summed E-state index contributed by atoms with van der Waals surface area (Å²) in [4.78, 5) is 2.36. The minimum Gasteiger partial charge on any atom is -0.455 e. The van der Waals surface area contributed by atoms with Crippen LogP contribution in [0.3, 0.4) is 0 Å². The monoisotopic (exact) mass is 719 g/mol. The maximum Gasteiger partial charge on any atom is 0.143 e. The van der Waals surface area contributed by atoms with Gasteiger partial charge in [0.05, 0.1) is 0 Å². The molecule has 0 amide bonds. The van der Waals surface area contributed by atoms with E-state index in [0.717, 1.165) is 50.5 Å². The van der Waals surface area contributed by atoms with Crippen molar-refractivity contribution in [3.63, 3.8) is 0 Å². The summed E-state index contributed by atoms with van der Waals surface area (Å²) in [5.41, 5.74) is 12.7. The molecule has 0 spiro atoms. The lowest BCUT2D eigenvalue weighted by Crippen LogP contribution is -2.10. The number of para-hydroxylation sites is 1. The molecule has 3 heteroatoms. The molecule has 0 atom stereocenters. The number of anilines is 3. The second-order valence-electron chi connectivity index (χ2n) is 14.1. The van der Waals surface area contributed by atoms with Gasteiger partial charge in [-0.05, 0) is 99.4 Å². The summed E-state index contributed by atoms with van der Waals surface area (Å²) in [6.45, 7) is 0. The van der Waals surface area contributed by atoms with Crippen LogP contribution >= 0.6 is 11.3 Å². The van der Waals surface area contributed by atoms with Crippen LogP contribution in [0.15, 0.2) is 200 Å². The van der Waals surface area contributed by atoms with E-state index in [1.165, 1.54) is 53.6 Å². The first-order chi connectivity index (χ1) is 27.3. The molecule has 0 saturated carbocycles. The van der Waals surface area contributed by atoms with Crippen LogP contribution in [0.4, 0.5) is 17.1 Å². The van der Waals surface area contributed by atoms with Crippen molar-refractivity contribution in [3.05, 3.63) is 200 Å². The van der Waals surface area contributed by atoms with Crippen LogP contribution in [-0.2, 0) is 0 Å². The molecular weight excluding hydrogens is 687 g/mol. The van der Waals surface area contributed by atoms with Crippen LogP contribution in [0.2, 0.25) is 0 Å². The molecule has 1 aliphatic rings. The van der Waals surface area contributed by atoms with Crippen LogP contribution in [0.5, 0.6) is 11.5 Å². The molecule has 11 rings (SSSR count). The smallest absolute Gasteiger partial charge is 0.143 e. The highest BCUT2D eigenvalue weighted by Crippen LogP contribution is 2.50. The quantitative estimate of drug-likeness (QED) is 0.176. The largest absolute Gasteiger partial charge is 0.455 e. The molecule has 2 heterocycles. The van der Waals surface area contributed by atoms with Gasteiger partial charge < -0.3 is 9.64 Å². The summed E-state index contributed by atoms with van der Waals surface area (Å²) in [6, 6.07) is 72.0. The molecule has 0 saturated heterocycles. The number of rotatable bonds is 5. The van der Waals surface area contributed by atoms with Gasteiger partial charge in [-0.25, -0.2) is 0 Å². The van der Waals surface area contributed by atoms with Crippen molar-refractivity contribution >= 4 is 59.3 Å². The van der Waals surface area contributed by atoms with Crippen molar-refractivity contribution in [1.82, 2.24) is 0 Å². The molecular formula is C52H33NOS. The van der Waals surface area contributed by atoms with Crippen molar-refractivity contribution in [2.24, 2.45) is 0 Å². The first-order valence-electron chi connectivity index (χ1n) is 18.7. The first-order valence-corrected chi connectivity index (χ1v) is 19.5. The van der Waals surface area contributed by atoms with Crippen molar-refractivity contribution in [3.8, 4) is 56.0 Å². The van der Waals surface area contributed by atoms with Crippen molar-refractivity contribution in [2.45, 2.75) is 0 Å². The molecule has 1 aromatic heterocycles. The van der Waals surface area contributed by atoms with E-state index in [2.05, 4.69) is 199 Å². The SMILES string of the molecule is c1ccc(-c2ccc(N(c3ccc(-c4cccc5c4sc4ccccc45)cc3)c3ccc4c5c(ccc4c3)-c3ccccc3-c3ccccc3O5)cc2)cc1. The van der Waals surface area contributed by atoms with E-state index in [-0.39, 0.29) is 0 Å². The average molecular weight is 720 g/mol. The van der Waals surface area contributed by atoms with Gasteiger partial charge in [0.2, 0.25) is 0 Å². The maximum absolute atomic E-state index is 6.82. The van der Waals surface area contributed by atoms with E-state index in [1.54, 1.807) is 0 Å². The fourth-order valence-corrected chi connectivity index (χ4v) is 9.47. The van der Waals surface area contributed by atoms with Gasteiger partial charge in [-0.3, -0.25) is 0 Å². The highest BCUT2D eigenvalue weighted by Gasteiger charge is 2.23. The van der Waals surface area contributed by atoms with Gasteiger partial charge in [0, 0.05) is 53.7 Å². The lowest BCUT2D eigenvalue weighted by Gasteiger charge is -2.26. The van der Waals surface area contributed by atoms with Gasteiger partial charge in [0.1, 0.15) is 11.5 Å². The summed E-state index contributed by atoms with van der Waals surface area (Å²) < 4.78 is 9.46. The lowest BCUT2D eigenvalue weighted by molar-refractivity contribution is 0.493. The van der Waals surface area contributed by atoms with Crippen molar-refractivity contribution in [1.29, 1.82) is 0 Å². The Bertz CT molecular complexity index is 3050. The molecule has 0 bridgehead atoms. The zero-order chi connectivity index (χ0) is 36.3. The number of fused-ring (bicyclic) bond motifs is 10. The molecule has 0 N–H and O–H groups in total. The predicted octanol–water partition coefficient (Wildman–Crippen LogP) is 15.5. The Morgan fingerprint density at radius 1 is 0.364 bits per heavy atom. The molecule has 0 unspecified atom stereocenters. The predicted molar refractivity (Wildman–Crippen MR) is 233 cm³/mol. The Hall–Kier alpha value is -6.94. The van der Waals surface area contributed by atoms with E-state index >= 15 is 0 Å². The number of hydrogen-bond donors (Lipinski definition) is 0. The highest BCUT2D eigenvalue weighted by atomic mass is 32.1. The van der Waals surface area contributed by atoms with Crippen LogP contribution < -0.4 is 9.64 Å². The van der Waals surface area contributed by atoms with E-state index in [4.69, 9.17) is 4.74 Å². The number of benzene rings is 9. The average Bonchev–Trinajstić information content (AvgIpc) is 3.57. The molecule has 55 heavy (non-hydrogen) atoms. The molecule has 10 aromatic rings. The number of nitrogens with zero attached hydrogens (tertiary/aromatic N) is 1. The summed E-state index contributed by atoms with van der Waals surface area (Å²) in [7, 11) is 0. The molecule has 0 aliphatic carbocycles. The molecule has 2 nitrogen and oxygen atoms in total. The summed E-state index contributed by atoms with van der Waals surface area (Å²) >= 11 is 1.87. The van der Waals surface area contributed by atoms with Crippen LogP contribution in [0, 0.1) is 0 Å². The normalized spacial score (nSPS) is 11.8. The van der Waals surface area contributed by atoms with E-state index in [0.29, 0.717) is 0 Å². The summed E-state index contributed by atoms with van der Waals surface area (Å²) in [6.07, 6.45) is 0. The first kappa shape index (κ1) is 31.6. The zero-order valence-electron chi connectivity index (χ0n) is 29.8. The van der Waals surface area contributed by atoms with Gasteiger partial charge in [0.15, 0.2) is 0 Å². The van der Waals surface area contributed by atoms with Crippen LogP contribution in [-0.4, -0.2) is 0 Å². The van der Waals surface area contributed by atoms with E-state index in [1.807, 2.05) is 17.4 Å². The fourth-order valence-electron chi connectivity index (χ4n) is 8.24. The highest BCUT2D eigenvalue weighted by molar-refractivity contribution is 7.26. The third-order valence-corrected chi connectivity index (χ3v) is 12.1. The van der Waals surface area contributed by atoms with Crippen molar-refractivity contribution < 1.29 is 4.74 Å². The number of ether oxygens (including phenoxy) is 1. The number of thiophene rings is 1. The standard InChI is InChI=1S/C52H33NOS/c1-2-11-34(12-3-1)35-21-26-38(27-22-35)53(39-28-23-36(24-29-39)42-17-10-18-48-46-16-7-9-20-50(46)55-52(42)48)40-30-32-41-37(33-40)25-31-47-44-14-5-4-13-43(44)45-15-6-8-19-49(45)54-51(41)47/h1-33H. The maximum atomic E-state index is 6.82. The molecule has 0 radical (unpaired) electrons. The Morgan fingerprint density at radius 3 is 1.76 bits per heavy atom. The van der Waals surface area contributed by atoms with Gasteiger partial charge in [-0.2, -0.15) is 0 Å². The minimum atomic E-state index is 0.872. The van der Waals surface area contributed by atoms with Gasteiger partial charge in [-0.15, -0.1) is 11.3 Å². The second-order valence-corrected chi connectivity index (χ2v) is 15.1. The van der Waals surface area contributed by atoms with Crippen molar-refractivity contribution in [2.75, 3.05) is 4.90 Å². The van der Waals surface area contributed by atoms with Gasteiger partial charge >= 0.3 is 0 Å². The fraction of sp³-hybridized carbons (Fsp3) is 0. The zero-order valence-corrected chi connectivity index (χ0v) is 30.6.